The molecule has 0 unspecified atom stereocenters. The molecule has 2 amide bonds. The van der Waals surface area contributed by atoms with Gasteiger partial charge in [-0.3, -0.25) is 5.32 Å². The van der Waals surface area contributed by atoms with Crippen LogP contribution in [0.1, 0.15) is 6.92 Å². The van der Waals surface area contributed by atoms with Crippen molar-refractivity contribution in [3.63, 3.8) is 0 Å². The van der Waals surface area contributed by atoms with Crippen molar-refractivity contribution in [3.05, 3.63) is 17.5 Å². The molecular formula is C8H12N2O2S. The quantitative estimate of drug-likeness (QED) is 0.687. The summed E-state index contributed by atoms with van der Waals surface area (Å²) in [6.07, 6.45) is -0.519. The van der Waals surface area contributed by atoms with Crippen LogP contribution in [0.3, 0.4) is 0 Å². The van der Waals surface area contributed by atoms with Crippen LogP contribution in [0.15, 0.2) is 17.5 Å². The van der Waals surface area contributed by atoms with Gasteiger partial charge in [0.05, 0.1) is 11.1 Å². The summed E-state index contributed by atoms with van der Waals surface area (Å²) in [4.78, 5) is 11.1. The Hall–Kier alpha value is -1.07. The number of carbonyl (C=O) groups excluding carboxylic acids is 1. The first-order chi connectivity index (χ1) is 6.18. The SMILES string of the molecule is C[C@@H](O)CNC(=O)Nc1cccs1. The highest BCUT2D eigenvalue weighted by atomic mass is 32.1. The van der Waals surface area contributed by atoms with E-state index in [0.717, 1.165) is 5.00 Å². The number of amides is 2. The van der Waals surface area contributed by atoms with Gasteiger partial charge in [0.25, 0.3) is 0 Å². The molecule has 1 heterocycles. The lowest BCUT2D eigenvalue weighted by Crippen LogP contribution is -2.33. The Labute approximate surface area is 80.6 Å². The summed E-state index contributed by atoms with van der Waals surface area (Å²) in [6, 6.07) is 3.38. The maximum absolute atomic E-state index is 11.1. The Morgan fingerprint density at radius 3 is 3.08 bits per heavy atom. The predicted molar refractivity (Wildman–Crippen MR) is 53.0 cm³/mol. The first-order valence-electron chi connectivity index (χ1n) is 3.95. The number of hydrogen-bond donors (Lipinski definition) is 3. The summed E-state index contributed by atoms with van der Waals surface area (Å²) >= 11 is 1.45. The van der Waals surface area contributed by atoms with Gasteiger partial charge in [0.2, 0.25) is 0 Å². The Kier molecular flexibility index (Phi) is 3.72. The molecule has 0 spiro atoms. The molecule has 0 aromatic carbocycles. The fourth-order valence-corrected chi connectivity index (χ4v) is 1.36. The van der Waals surface area contributed by atoms with E-state index in [1.807, 2.05) is 17.5 Å². The molecule has 3 N–H and O–H groups in total. The van der Waals surface area contributed by atoms with Gasteiger partial charge in [0.1, 0.15) is 0 Å². The highest BCUT2D eigenvalue weighted by Gasteiger charge is 2.02. The van der Waals surface area contributed by atoms with Crippen LogP contribution < -0.4 is 10.6 Å². The Morgan fingerprint density at radius 1 is 1.77 bits per heavy atom. The van der Waals surface area contributed by atoms with Crippen molar-refractivity contribution < 1.29 is 9.90 Å². The first-order valence-corrected chi connectivity index (χ1v) is 4.83. The van der Waals surface area contributed by atoms with Crippen LogP contribution in [0.4, 0.5) is 9.80 Å². The van der Waals surface area contributed by atoms with Crippen LogP contribution in [0.5, 0.6) is 0 Å². The minimum Gasteiger partial charge on any atom is -0.392 e. The molecule has 1 atom stereocenters. The van der Waals surface area contributed by atoms with Crippen LogP contribution in [0, 0.1) is 0 Å². The summed E-state index contributed by atoms with van der Waals surface area (Å²) in [7, 11) is 0. The normalized spacial score (nSPS) is 12.2. The van der Waals surface area contributed by atoms with E-state index in [1.54, 1.807) is 6.92 Å². The number of carbonyl (C=O) groups is 1. The minimum atomic E-state index is -0.519. The molecule has 5 heteroatoms. The first kappa shape index (κ1) is 10.0. The number of aliphatic hydroxyl groups excluding tert-OH is 1. The molecule has 0 saturated carbocycles. The highest BCUT2D eigenvalue weighted by molar-refractivity contribution is 7.14. The zero-order valence-electron chi connectivity index (χ0n) is 7.28. The van der Waals surface area contributed by atoms with Crippen molar-refractivity contribution in [3.8, 4) is 0 Å². The second kappa shape index (κ2) is 4.84. The number of hydrogen-bond acceptors (Lipinski definition) is 3. The van der Waals surface area contributed by atoms with Gasteiger partial charge < -0.3 is 10.4 Å². The van der Waals surface area contributed by atoms with E-state index < -0.39 is 6.10 Å². The van der Waals surface area contributed by atoms with Crippen LogP contribution in [0.25, 0.3) is 0 Å². The molecule has 1 aromatic rings. The average molecular weight is 200 g/mol. The summed E-state index contributed by atoms with van der Waals surface area (Å²) in [5, 5.41) is 16.7. The Balaban J connectivity index is 2.26. The molecule has 4 nitrogen and oxygen atoms in total. The van der Waals surface area contributed by atoms with Crippen molar-refractivity contribution in [2.75, 3.05) is 11.9 Å². The van der Waals surface area contributed by atoms with E-state index >= 15 is 0 Å². The average Bonchev–Trinajstić information content (AvgIpc) is 2.53. The van der Waals surface area contributed by atoms with Crippen LogP contribution >= 0.6 is 11.3 Å². The van der Waals surface area contributed by atoms with E-state index in [4.69, 9.17) is 5.11 Å². The molecule has 1 aromatic heterocycles. The number of nitrogens with one attached hydrogen (secondary N) is 2. The van der Waals surface area contributed by atoms with E-state index in [9.17, 15) is 4.79 Å². The van der Waals surface area contributed by atoms with Gasteiger partial charge in [-0.05, 0) is 24.4 Å². The monoisotopic (exact) mass is 200 g/mol. The molecule has 0 aliphatic carbocycles. The van der Waals surface area contributed by atoms with Gasteiger partial charge in [0, 0.05) is 6.54 Å². The predicted octanol–water partition coefficient (Wildman–Crippen LogP) is 1.25. The fraction of sp³-hybridized carbons (Fsp3) is 0.375. The molecule has 13 heavy (non-hydrogen) atoms. The summed E-state index contributed by atoms with van der Waals surface area (Å²) < 4.78 is 0. The number of anilines is 1. The molecule has 0 fully saturated rings. The van der Waals surface area contributed by atoms with Crippen molar-refractivity contribution in [1.29, 1.82) is 0 Å². The van der Waals surface area contributed by atoms with Crippen molar-refractivity contribution in [1.82, 2.24) is 5.32 Å². The van der Waals surface area contributed by atoms with Crippen molar-refractivity contribution >= 4 is 22.4 Å². The zero-order chi connectivity index (χ0) is 9.68. The second-order valence-corrected chi connectivity index (χ2v) is 3.61. The lowest BCUT2D eigenvalue weighted by Gasteiger charge is -2.06. The molecule has 0 bridgehead atoms. The zero-order valence-corrected chi connectivity index (χ0v) is 8.10. The fourth-order valence-electron chi connectivity index (χ4n) is 0.746. The van der Waals surface area contributed by atoms with Gasteiger partial charge >= 0.3 is 6.03 Å². The van der Waals surface area contributed by atoms with Crippen molar-refractivity contribution in [2.45, 2.75) is 13.0 Å². The van der Waals surface area contributed by atoms with Crippen LogP contribution in [-0.4, -0.2) is 23.8 Å². The van der Waals surface area contributed by atoms with E-state index in [2.05, 4.69) is 10.6 Å². The number of aliphatic hydroxyl groups is 1. The summed E-state index contributed by atoms with van der Waals surface area (Å²) in [5.74, 6) is 0. The largest absolute Gasteiger partial charge is 0.392 e. The second-order valence-electron chi connectivity index (χ2n) is 2.66. The summed E-state index contributed by atoms with van der Waals surface area (Å²) in [5.41, 5.74) is 0. The molecule has 0 radical (unpaired) electrons. The molecule has 72 valence electrons. The highest BCUT2D eigenvalue weighted by Crippen LogP contribution is 2.14. The lowest BCUT2D eigenvalue weighted by atomic mass is 10.4. The molecule has 0 saturated heterocycles. The topological polar surface area (TPSA) is 61.4 Å². The smallest absolute Gasteiger partial charge is 0.319 e. The molecule has 0 aliphatic rings. The summed E-state index contributed by atoms with van der Waals surface area (Å²) in [6.45, 7) is 1.88. The standard InChI is InChI=1S/C8H12N2O2S/c1-6(11)5-9-8(12)10-7-3-2-4-13-7/h2-4,6,11H,5H2,1H3,(H2,9,10,12)/t6-/m1/s1. The van der Waals surface area contributed by atoms with Gasteiger partial charge in [-0.15, -0.1) is 11.3 Å². The Bertz CT molecular complexity index is 259. The molecular weight excluding hydrogens is 188 g/mol. The minimum absolute atomic E-state index is 0.261. The third-order valence-corrected chi connectivity index (χ3v) is 2.10. The maximum Gasteiger partial charge on any atom is 0.319 e. The van der Waals surface area contributed by atoms with E-state index in [0.29, 0.717) is 0 Å². The molecule has 1 rings (SSSR count). The number of urea groups is 1. The van der Waals surface area contributed by atoms with Gasteiger partial charge in [0.15, 0.2) is 0 Å². The third-order valence-electron chi connectivity index (χ3n) is 1.32. The molecule has 0 aliphatic heterocycles. The van der Waals surface area contributed by atoms with E-state index in [-0.39, 0.29) is 12.6 Å². The van der Waals surface area contributed by atoms with Gasteiger partial charge in [-0.25, -0.2) is 4.79 Å². The third kappa shape index (κ3) is 3.91. The number of rotatable bonds is 3. The van der Waals surface area contributed by atoms with E-state index in [1.165, 1.54) is 11.3 Å². The van der Waals surface area contributed by atoms with Gasteiger partial charge in [-0.2, -0.15) is 0 Å². The number of thiophene rings is 1. The van der Waals surface area contributed by atoms with Crippen molar-refractivity contribution in [2.24, 2.45) is 0 Å². The van der Waals surface area contributed by atoms with Crippen LogP contribution in [-0.2, 0) is 0 Å². The maximum atomic E-state index is 11.1. The Morgan fingerprint density at radius 2 is 2.54 bits per heavy atom. The van der Waals surface area contributed by atoms with Crippen LogP contribution in [0.2, 0.25) is 0 Å². The lowest BCUT2D eigenvalue weighted by molar-refractivity contribution is 0.190. The van der Waals surface area contributed by atoms with Gasteiger partial charge in [-0.1, -0.05) is 0 Å².